The summed E-state index contributed by atoms with van der Waals surface area (Å²) in [7, 11) is 0. The third kappa shape index (κ3) is 4.84. The predicted octanol–water partition coefficient (Wildman–Crippen LogP) is 4.64. The van der Waals surface area contributed by atoms with E-state index in [1.165, 1.54) is 24.3 Å². The maximum absolute atomic E-state index is 12.4. The molecule has 0 bridgehead atoms. The number of imide groups is 1. The third-order valence-electron chi connectivity index (χ3n) is 5.12. The molecule has 1 unspecified atom stereocenters. The summed E-state index contributed by atoms with van der Waals surface area (Å²) in [5.41, 5.74) is -3.72. The molecule has 0 aliphatic carbocycles. The number of halogens is 3. The topological polar surface area (TPSA) is 75.3 Å². The van der Waals surface area contributed by atoms with E-state index in [2.05, 4.69) is 10.6 Å². The van der Waals surface area contributed by atoms with Gasteiger partial charge in [-0.15, -0.1) is 0 Å². The molecule has 1 aliphatic rings. The SMILES string of the molecule is CCC1(c2ccc(NC(=O)c3ccc(SC(F)(F)F)cc3)cc2)CCC(=O)NC1=O. The van der Waals surface area contributed by atoms with Crippen molar-refractivity contribution in [2.75, 3.05) is 5.32 Å². The van der Waals surface area contributed by atoms with Crippen LogP contribution in [0.25, 0.3) is 0 Å². The number of carbonyl (C=O) groups is 3. The average Bonchev–Trinajstić information content (AvgIpc) is 2.68. The lowest BCUT2D eigenvalue weighted by atomic mass is 9.72. The molecular formula is C21H19F3N2O3S. The zero-order chi connectivity index (χ0) is 21.9. The molecule has 0 aromatic heterocycles. The highest BCUT2D eigenvalue weighted by molar-refractivity contribution is 8.00. The molecule has 1 atom stereocenters. The number of thioether (sulfide) groups is 1. The van der Waals surface area contributed by atoms with Gasteiger partial charge < -0.3 is 5.32 Å². The van der Waals surface area contributed by atoms with Gasteiger partial charge in [0.05, 0.1) is 5.41 Å². The molecule has 1 aliphatic heterocycles. The second-order valence-corrected chi connectivity index (χ2v) is 8.06. The molecule has 158 valence electrons. The van der Waals surface area contributed by atoms with E-state index in [9.17, 15) is 27.6 Å². The van der Waals surface area contributed by atoms with Crippen molar-refractivity contribution < 1.29 is 27.6 Å². The molecule has 1 saturated heterocycles. The van der Waals surface area contributed by atoms with E-state index in [4.69, 9.17) is 0 Å². The number of benzene rings is 2. The van der Waals surface area contributed by atoms with Gasteiger partial charge in [-0.05, 0) is 66.6 Å². The van der Waals surface area contributed by atoms with Crippen LogP contribution in [0, 0.1) is 0 Å². The lowest BCUT2D eigenvalue weighted by Crippen LogP contribution is -2.51. The Bertz CT molecular complexity index is 959. The van der Waals surface area contributed by atoms with Gasteiger partial charge in [0.15, 0.2) is 0 Å². The van der Waals surface area contributed by atoms with Crippen LogP contribution in [0.5, 0.6) is 0 Å². The van der Waals surface area contributed by atoms with Crippen LogP contribution in [0.3, 0.4) is 0 Å². The maximum Gasteiger partial charge on any atom is 0.446 e. The standard InChI is InChI=1S/C21H19F3N2O3S/c1-2-20(12-11-17(27)26-19(20)29)14-5-7-15(8-6-14)25-18(28)13-3-9-16(10-4-13)30-21(22,23)24/h3-10H,2,11-12H2,1H3,(H,25,28)(H,26,27,29). The van der Waals surface area contributed by atoms with Gasteiger partial charge >= 0.3 is 5.51 Å². The highest BCUT2D eigenvalue weighted by Crippen LogP contribution is 2.37. The Hall–Kier alpha value is -2.81. The molecule has 0 spiro atoms. The number of hydrogen-bond acceptors (Lipinski definition) is 4. The number of carbonyl (C=O) groups excluding carboxylic acids is 3. The molecule has 2 aromatic carbocycles. The van der Waals surface area contributed by atoms with Crippen molar-refractivity contribution in [1.82, 2.24) is 5.32 Å². The highest BCUT2D eigenvalue weighted by Gasteiger charge is 2.42. The Balaban J connectivity index is 1.70. The summed E-state index contributed by atoms with van der Waals surface area (Å²) >= 11 is -0.243. The summed E-state index contributed by atoms with van der Waals surface area (Å²) in [5, 5.41) is 5.07. The van der Waals surface area contributed by atoms with Crippen molar-refractivity contribution in [1.29, 1.82) is 0 Å². The van der Waals surface area contributed by atoms with E-state index < -0.39 is 16.8 Å². The van der Waals surface area contributed by atoms with Gasteiger partial charge in [0.25, 0.3) is 5.91 Å². The minimum atomic E-state index is -4.39. The molecule has 5 nitrogen and oxygen atoms in total. The number of alkyl halides is 3. The van der Waals surface area contributed by atoms with Crippen molar-refractivity contribution in [3.05, 3.63) is 59.7 Å². The molecule has 0 saturated carbocycles. The molecule has 3 amide bonds. The fourth-order valence-corrected chi connectivity index (χ4v) is 3.99. The second-order valence-electron chi connectivity index (χ2n) is 6.92. The molecule has 1 fully saturated rings. The monoisotopic (exact) mass is 436 g/mol. The fourth-order valence-electron chi connectivity index (χ4n) is 3.45. The average molecular weight is 436 g/mol. The van der Waals surface area contributed by atoms with E-state index in [0.29, 0.717) is 18.5 Å². The highest BCUT2D eigenvalue weighted by atomic mass is 32.2. The van der Waals surface area contributed by atoms with Crippen molar-refractivity contribution in [2.24, 2.45) is 0 Å². The normalized spacial score (nSPS) is 19.3. The van der Waals surface area contributed by atoms with Crippen LogP contribution < -0.4 is 10.6 Å². The van der Waals surface area contributed by atoms with E-state index in [1.807, 2.05) is 6.92 Å². The van der Waals surface area contributed by atoms with Crippen molar-refractivity contribution >= 4 is 35.2 Å². The molecule has 2 N–H and O–H groups in total. The number of hydrogen-bond donors (Lipinski definition) is 2. The van der Waals surface area contributed by atoms with Gasteiger partial charge in [0.2, 0.25) is 11.8 Å². The van der Waals surface area contributed by atoms with Gasteiger partial charge in [-0.2, -0.15) is 13.2 Å². The summed E-state index contributed by atoms with van der Waals surface area (Å²) in [6.45, 7) is 1.88. The molecule has 3 rings (SSSR count). The smallest absolute Gasteiger partial charge is 0.322 e. The maximum atomic E-state index is 12.4. The molecule has 9 heteroatoms. The Morgan fingerprint density at radius 1 is 1.10 bits per heavy atom. The van der Waals surface area contributed by atoms with Gasteiger partial charge in [-0.25, -0.2) is 0 Å². The Morgan fingerprint density at radius 3 is 2.27 bits per heavy atom. The first-order chi connectivity index (χ1) is 14.1. The number of rotatable bonds is 5. The molecule has 2 aromatic rings. The number of piperidine rings is 1. The van der Waals surface area contributed by atoms with E-state index in [0.717, 1.165) is 5.56 Å². The van der Waals surface area contributed by atoms with Crippen LogP contribution >= 0.6 is 11.8 Å². The molecule has 1 heterocycles. The first-order valence-electron chi connectivity index (χ1n) is 9.25. The minimum Gasteiger partial charge on any atom is -0.322 e. The summed E-state index contributed by atoms with van der Waals surface area (Å²) in [5.74, 6) is -1.07. The quantitative estimate of drug-likeness (QED) is 0.529. The van der Waals surface area contributed by atoms with Crippen LogP contribution in [0.2, 0.25) is 0 Å². The first-order valence-corrected chi connectivity index (χ1v) is 10.1. The summed E-state index contributed by atoms with van der Waals surface area (Å²) in [6.07, 6.45) is 1.21. The van der Waals surface area contributed by atoms with Crippen LogP contribution in [-0.4, -0.2) is 23.2 Å². The Labute approximate surface area is 175 Å². The zero-order valence-electron chi connectivity index (χ0n) is 16.0. The third-order valence-corrected chi connectivity index (χ3v) is 5.85. The van der Waals surface area contributed by atoms with Gasteiger partial charge in [-0.3, -0.25) is 19.7 Å². The second kappa shape index (κ2) is 8.51. The van der Waals surface area contributed by atoms with Crippen molar-refractivity contribution in [2.45, 2.75) is 42.0 Å². The predicted molar refractivity (Wildman–Crippen MR) is 107 cm³/mol. The van der Waals surface area contributed by atoms with Crippen molar-refractivity contribution in [3.63, 3.8) is 0 Å². The van der Waals surface area contributed by atoms with Gasteiger partial charge in [0.1, 0.15) is 0 Å². The van der Waals surface area contributed by atoms with E-state index in [-0.39, 0.29) is 40.5 Å². The Morgan fingerprint density at radius 2 is 1.73 bits per heavy atom. The van der Waals surface area contributed by atoms with Crippen LogP contribution in [0.4, 0.5) is 18.9 Å². The number of amides is 3. The number of nitrogens with one attached hydrogen (secondary N) is 2. The minimum absolute atomic E-state index is 0.00231. The van der Waals surface area contributed by atoms with E-state index in [1.54, 1.807) is 24.3 Å². The van der Waals surface area contributed by atoms with Crippen LogP contribution in [-0.2, 0) is 15.0 Å². The summed E-state index contributed by atoms with van der Waals surface area (Å²) in [4.78, 5) is 36.3. The van der Waals surface area contributed by atoms with Crippen LogP contribution in [0.15, 0.2) is 53.4 Å². The Kier molecular flexibility index (Phi) is 6.21. The summed E-state index contributed by atoms with van der Waals surface area (Å²) < 4.78 is 37.2. The lowest BCUT2D eigenvalue weighted by molar-refractivity contribution is -0.138. The first kappa shape index (κ1) is 21.9. The van der Waals surface area contributed by atoms with E-state index >= 15 is 0 Å². The van der Waals surface area contributed by atoms with Crippen LogP contribution in [0.1, 0.15) is 42.1 Å². The molecule has 0 radical (unpaired) electrons. The fraction of sp³-hybridized carbons (Fsp3) is 0.286. The molecule has 30 heavy (non-hydrogen) atoms. The summed E-state index contributed by atoms with van der Waals surface area (Å²) in [6, 6.07) is 11.9. The largest absolute Gasteiger partial charge is 0.446 e. The molecular weight excluding hydrogens is 417 g/mol. The number of anilines is 1. The van der Waals surface area contributed by atoms with Gasteiger partial charge in [-0.1, -0.05) is 19.1 Å². The van der Waals surface area contributed by atoms with Crippen molar-refractivity contribution in [3.8, 4) is 0 Å². The van der Waals surface area contributed by atoms with Gasteiger partial charge in [0, 0.05) is 22.6 Å². The lowest BCUT2D eigenvalue weighted by Gasteiger charge is -2.35. The zero-order valence-corrected chi connectivity index (χ0v) is 16.8.